The summed E-state index contributed by atoms with van der Waals surface area (Å²) in [6, 6.07) is 18.4. The smallest absolute Gasteiger partial charge is 0.250 e. The zero-order chi connectivity index (χ0) is 25.4. The Labute approximate surface area is 213 Å². The van der Waals surface area contributed by atoms with Crippen LogP contribution in [0.25, 0.3) is 0 Å². The van der Waals surface area contributed by atoms with Crippen molar-refractivity contribution in [1.29, 1.82) is 0 Å². The number of anilines is 2. The third kappa shape index (κ3) is 3.10. The molecule has 2 fully saturated rings. The highest BCUT2D eigenvalue weighted by Gasteiger charge is 2.71. The summed E-state index contributed by atoms with van der Waals surface area (Å²) in [5, 5.41) is 18.2. The number of nitrogens with zero attached hydrogens (tertiary/aromatic N) is 1. The molecule has 7 nitrogen and oxygen atoms in total. The molecular formula is C28H24ClN3O4. The van der Waals surface area contributed by atoms with Gasteiger partial charge in [-0.05, 0) is 49.7 Å². The number of benzene rings is 3. The van der Waals surface area contributed by atoms with Crippen molar-refractivity contribution in [2.75, 3.05) is 10.2 Å². The van der Waals surface area contributed by atoms with Crippen molar-refractivity contribution < 1.29 is 19.5 Å². The Kier molecular flexibility index (Phi) is 5.09. The second-order valence-corrected chi connectivity index (χ2v) is 10.3. The molecule has 36 heavy (non-hydrogen) atoms. The fraction of sp³-hybridized carbons (Fsp3) is 0.250. The lowest BCUT2D eigenvalue weighted by atomic mass is 9.75. The van der Waals surface area contributed by atoms with E-state index in [9.17, 15) is 19.5 Å². The maximum atomic E-state index is 14.0. The van der Waals surface area contributed by atoms with Crippen LogP contribution in [0.1, 0.15) is 28.4 Å². The van der Waals surface area contributed by atoms with E-state index in [-0.39, 0.29) is 0 Å². The number of aliphatic hydroxyl groups excluding tert-OH is 1. The van der Waals surface area contributed by atoms with Crippen molar-refractivity contribution in [3.8, 4) is 0 Å². The summed E-state index contributed by atoms with van der Waals surface area (Å²) in [6.45, 7) is 3.83. The van der Waals surface area contributed by atoms with Crippen LogP contribution in [-0.4, -0.2) is 28.9 Å². The minimum Gasteiger partial charge on any atom is -0.387 e. The molecular weight excluding hydrogens is 478 g/mol. The predicted molar refractivity (Wildman–Crippen MR) is 135 cm³/mol. The molecule has 5 atom stereocenters. The van der Waals surface area contributed by atoms with Crippen LogP contribution in [0.15, 0.2) is 66.7 Å². The van der Waals surface area contributed by atoms with Crippen molar-refractivity contribution in [2.45, 2.75) is 31.5 Å². The van der Waals surface area contributed by atoms with Crippen LogP contribution < -0.4 is 15.5 Å². The Balaban J connectivity index is 1.52. The minimum atomic E-state index is -1.49. The number of rotatable bonds is 3. The first kappa shape index (κ1) is 22.9. The number of nitrogens with one attached hydrogen (secondary N) is 2. The van der Waals surface area contributed by atoms with Crippen molar-refractivity contribution in [3.05, 3.63) is 94.0 Å². The summed E-state index contributed by atoms with van der Waals surface area (Å²) in [5.41, 5.74) is 2.60. The molecule has 3 heterocycles. The van der Waals surface area contributed by atoms with Gasteiger partial charge in [-0.3, -0.25) is 19.7 Å². The van der Waals surface area contributed by atoms with Gasteiger partial charge in [-0.1, -0.05) is 59.1 Å². The highest BCUT2D eigenvalue weighted by Crippen LogP contribution is 2.55. The van der Waals surface area contributed by atoms with Crippen molar-refractivity contribution in [3.63, 3.8) is 0 Å². The average molecular weight is 502 g/mol. The quantitative estimate of drug-likeness (QED) is 0.476. The molecule has 0 unspecified atom stereocenters. The van der Waals surface area contributed by atoms with E-state index in [1.54, 1.807) is 42.5 Å². The number of aliphatic hydroxyl groups is 1. The van der Waals surface area contributed by atoms with Crippen molar-refractivity contribution in [1.82, 2.24) is 5.32 Å². The van der Waals surface area contributed by atoms with E-state index in [1.165, 1.54) is 4.90 Å². The normalized spacial score (nSPS) is 27.4. The largest absolute Gasteiger partial charge is 0.387 e. The number of amides is 3. The third-order valence-corrected chi connectivity index (χ3v) is 7.90. The highest BCUT2D eigenvalue weighted by molar-refractivity contribution is 6.30. The number of carbonyl (C=O) groups excluding carboxylic acids is 3. The SMILES string of the molecule is Cc1ccc(N2C(=O)[C@H]3[C@@H]([C@H](O)c4ccc(Cl)cc4)N[C@@]4(C(=O)Nc5ccc(C)cc54)[C@H]3C2=O)cc1. The van der Waals surface area contributed by atoms with E-state index >= 15 is 0 Å². The second kappa shape index (κ2) is 8.00. The lowest BCUT2D eigenvalue weighted by Crippen LogP contribution is -2.54. The maximum Gasteiger partial charge on any atom is 0.250 e. The van der Waals surface area contributed by atoms with Gasteiger partial charge < -0.3 is 10.4 Å². The van der Waals surface area contributed by atoms with E-state index < -0.39 is 47.2 Å². The van der Waals surface area contributed by atoms with Gasteiger partial charge >= 0.3 is 0 Å². The number of halogens is 1. The Hall–Kier alpha value is -3.52. The zero-order valence-corrected chi connectivity index (χ0v) is 20.4. The molecule has 3 aliphatic heterocycles. The predicted octanol–water partition coefficient (Wildman–Crippen LogP) is 3.62. The Morgan fingerprint density at radius 3 is 2.28 bits per heavy atom. The lowest BCUT2D eigenvalue weighted by molar-refractivity contribution is -0.130. The molecule has 3 aliphatic rings. The molecule has 0 aliphatic carbocycles. The number of aryl methyl sites for hydroxylation is 2. The van der Waals surface area contributed by atoms with Gasteiger partial charge in [0.25, 0.3) is 0 Å². The fourth-order valence-corrected chi connectivity index (χ4v) is 6.06. The van der Waals surface area contributed by atoms with E-state index in [1.807, 2.05) is 38.1 Å². The maximum absolute atomic E-state index is 14.0. The molecule has 0 bridgehead atoms. The molecule has 0 aromatic heterocycles. The summed E-state index contributed by atoms with van der Waals surface area (Å²) in [5.74, 6) is -3.29. The van der Waals surface area contributed by atoms with Crippen molar-refractivity contribution >= 4 is 40.7 Å². The fourth-order valence-electron chi connectivity index (χ4n) is 5.93. The monoisotopic (exact) mass is 501 g/mol. The zero-order valence-electron chi connectivity index (χ0n) is 19.7. The lowest BCUT2D eigenvalue weighted by Gasteiger charge is -2.31. The Morgan fingerprint density at radius 2 is 1.58 bits per heavy atom. The van der Waals surface area contributed by atoms with Crippen LogP contribution in [0.2, 0.25) is 5.02 Å². The molecule has 3 amide bonds. The van der Waals surface area contributed by atoms with E-state index in [0.717, 1.165) is 11.1 Å². The van der Waals surface area contributed by atoms with Gasteiger partial charge in [0.1, 0.15) is 5.54 Å². The topological polar surface area (TPSA) is 98.7 Å². The first-order valence-electron chi connectivity index (χ1n) is 11.8. The summed E-state index contributed by atoms with van der Waals surface area (Å²) >= 11 is 6.04. The van der Waals surface area contributed by atoms with E-state index in [2.05, 4.69) is 10.6 Å². The second-order valence-electron chi connectivity index (χ2n) is 9.83. The summed E-state index contributed by atoms with van der Waals surface area (Å²) in [7, 11) is 0. The molecule has 3 aromatic rings. The van der Waals surface area contributed by atoms with Crippen LogP contribution in [0.4, 0.5) is 11.4 Å². The van der Waals surface area contributed by atoms with Crippen LogP contribution in [0.3, 0.4) is 0 Å². The molecule has 0 radical (unpaired) electrons. The van der Waals surface area contributed by atoms with Gasteiger partial charge in [-0.2, -0.15) is 0 Å². The van der Waals surface area contributed by atoms with Crippen molar-refractivity contribution in [2.24, 2.45) is 11.8 Å². The molecule has 6 rings (SSSR count). The Morgan fingerprint density at radius 1 is 0.917 bits per heavy atom. The Bertz CT molecular complexity index is 1420. The number of fused-ring (bicyclic) bond motifs is 4. The molecule has 3 aromatic carbocycles. The first-order chi connectivity index (χ1) is 17.2. The van der Waals surface area contributed by atoms with Gasteiger partial charge in [0.05, 0.1) is 29.7 Å². The molecule has 0 saturated carbocycles. The molecule has 2 saturated heterocycles. The number of imide groups is 1. The summed E-state index contributed by atoms with van der Waals surface area (Å²) in [4.78, 5) is 42.7. The molecule has 8 heteroatoms. The highest BCUT2D eigenvalue weighted by atomic mass is 35.5. The van der Waals surface area contributed by atoms with Crippen LogP contribution >= 0.6 is 11.6 Å². The molecule has 182 valence electrons. The van der Waals surface area contributed by atoms with Gasteiger partial charge in [0.2, 0.25) is 17.7 Å². The number of hydrogen-bond donors (Lipinski definition) is 3. The standard InChI is InChI=1S/C28H24ClN3O4/c1-14-3-10-18(11-4-14)32-25(34)21-22(26(32)35)28(19-13-15(2)5-12-20(19)30-27(28)36)31-23(21)24(33)16-6-8-17(29)9-7-16/h3-13,21-24,31,33H,1-2H3,(H,30,36)/t21-,22-,23+,24-,28-/m1/s1. The van der Waals surface area contributed by atoms with E-state index in [4.69, 9.17) is 11.6 Å². The van der Waals surface area contributed by atoms with Gasteiger partial charge in [0.15, 0.2) is 0 Å². The van der Waals surface area contributed by atoms with Crippen LogP contribution in [0, 0.1) is 25.7 Å². The van der Waals surface area contributed by atoms with Crippen LogP contribution in [0.5, 0.6) is 0 Å². The average Bonchev–Trinajstić information content (AvgIpc) is 3.45. The molecule has 3 N–H and O–H groups in total. The summed E-state index contributed by atoms with van der Waals surface area (Å²) < 4.78 is 0. The van der Waals surface area contributed by atoms with Gasteiger partial charge in [0, 0.05) is 16.3 Å². The van der Waals surface area contributed by atoms with Gasteiger partial charge in [-0.15, -0.1) is 0 Å². The third-order valence-electron chi connectivity index (χ3n) is 7.65. The van der Waals surface area contributed by atoms with Crippen LogP contribution in [-0.2, 0) is 19.9 Å². The van der Waals surface area contributed by atoms with E-state index in [0.29, 0.717) is 27.5 Å². The van der Waals surface area contributed by atoms with Gasteiger partial charge in [-0.25, -0.2) is 4.90 Å². The minimum absolute atomic E-state index is 0.407. The number of carbonyl (C=O) groups is 3. The first-order valence-corrected chi connectivity index (χ1v) is 12.2. The molecule has 1 spiro atoms. The number of hydrogen-bond acceptors (Lipinski definition) is 5. The summed E-state index contributed by atoms with van der Waals surface area (Å²) in [6.07, 6.45) is -1.16.